The highest BCUT2D eigenvalue weighted by atomic mass is 32.1. The Bertz CT molecular complexity index is 1370. The van der Waals surface area contributed by atoms with Gasteiger partial charge in [-0.3, -0.25) is 14.9 Å². The van der Waals surface area contributed by atoms with Gasteiger partial charge in [0.05, 0.1) is 23.4 Å². The van der Waals surface area contributed by atoms with Crippen LogP contribution < -0.4 is 10.2 Å². The first-order valence-electron chi connectivity index (χ1n) is 11.5. The molecule has 0 radical (unpaired) electrons. The van der Waals surface area contributed by atoms with Gasteiger partial charge in [-0.05, 0) is 48.9 Å². The maximum absolute atomic E-state index is 13.3. The van der Waals surface area contributed by atoms with Crippen LogP contribution in [0.3, 0.4) is 0 Å². The van der Waals surface area contributed by atoms with Crippen LogP contribution in [0.2, 0.25) is 0 Å². The largest absolute Gasteiger partial charge is 0.464 e. The SMILES string of the molecule is CCOC(=O)[C@H]1O[C@@H]1C(=O)N(Cc1ccccc1)c1ccc(C(=O)Nc2nc3ccccc3s2)cc1. The summed E-state index contributed by atoms with van der Waals surface area (Å²) in [7, 11) is 0. The van der Waals surface area contributed by atoms with Gasteiger partial charge < -0.3 is 14.4 Å². The predicted octanol–water partition coefficient (Wildman–Crippen LogP) is 4.41. The quantitative estimate of drug-likeness (QED) is 0.284. The number of nitrogens with zero attached hydrogens (tertiary/aromatic N) is 2. The fraction of sp³-hybridized carbons (Fsp3) is 0.185. The number of esters is 1. The second-order valence-corrected chi connectivity index (χ2v) is 9.16. The third-order valence-electron chi connectivity index (χ3n) is 5.66. The third-order valence-corrected chi connectivity index (χ3v) is 6.61. The molecule has 0 unspecified atom stereocenters. The number of nitrogens with one attached hydrogen (secondary N) is 1. The second kappa shape index (κ2) is 10.3. The summed E-state index contributed by atoms with van der Waals surface area (Å²) in [6, 6.07) is 23.9. The summed E-state index contributed by atoms with van der Waals surface area (Å²) >= 11 is 1.40. The molecule has 2 amide bonds. The molecule has 4 aromatic rings. The number of fused-ring (bicyclic) bond motifs is 1. The molecular formula is C27H23N3O5S. The average Bonchev–Trinajstić information content (AvgIpc) is 3.60. The summed E-state index contributed by atoms with van der Waals surface area (Å²) in [5.41, 5.74) is 2.75. The predicted molar refractivity (Wildman–Crippen MR) is 137 cm³/mol. The molecule has 5 rings (SSSR count). The molecule has 1 aromatic heterocycles. The van der Waals surface area contributed by atoms with E-state index in [-0.39, 0.29) is 25.0 Å². The summed E-state index contributed by atoms with van der Waals surface area (Å²) in [6.07, 6.45) is -1.79. The van der Waals surface area contributed by atoms with Crippen molar-refractivity contribution in [1.82, 2.24) is 4.98 Å². The van der Waals surface area contributed by atoms with E-state index in [1.807, 2.05) is 54.6 Å². The molecule has 9 heteroatoms. The van der Waals surface area contributed by atoms with E-state index in [2.05, 4.69) is 10.3 Å². The van der Waals surface area contributed by atoms with Crippen molar-refractivity contribution in [3.05, 3.63) is 90.0 Å². The number of epoxide rings is 1. The molecule has 1 saturated heterocycles. The van der Waals surface area contributed by atoms with E-state index >= 15 is 0 Å². The molecule has 1 fully saturated rings. The Morgan fingerprint density at radius 3 is 2.42 bits per heavy atom. The summed E-state index contributed by atoms with van der Waals surface area (Å²) < 4.78 is 11.3. The lowest BCUT2D eigenvalue weighted by Crippen LogP contribution is -2.36. The van der Waals surface area contributed by atoms with Gasteiger partial charge in [0.25, 0.3) is 11.8 Å². The van der Waals surface area contributed by atoms with Crippen molar-refractivity contribution in [2.45, 2.75) is 25.7 Å². The lowest BCUT2D eigenvalue weighted by molar-refractivity contribution is -0.144. The minimum Gasteiger partial charge on any atom is -0.464 e. The van der Waals surface area contributed by atoms with Crippen LogP contribution in [0, 0.1) is 0 Å². The van der Waals surface area contributed by atoms with Gasteiger partial charge in [-0.25, -0.2) is 9.78 Å². The van der Waals surface area contributed by atoms with Crippen molar-refractivity contribution in [2.75, 3.05) is 16.8 Å². The average molecular weight is 502 g/mol. The van der Waals surface area contributed by atoms with Gasteiger partial charge in [0, 0.05) is 11.3 Å². The Balaban J connectivity index is 1.33. The number of amides is 2. The van der Waals surface area contributed by atoms with Gasteiger partial charge >= 0.3 is 5.97 Å². The fourth-order valence-corrected chi connectivity index (χ4v) is 4.67. The Labute approximate surface area is 211 Å². The van der Waals surface area contributed by atoms with E-state index in [0.29, 0.717) is 16.4 Å². The Morgan fingerprint density at radius 2 is 1.69 bits per heavy atom. The van der Waals surface area contributed by atoms with Crippen LogP contribution >= 0.6 is 11.3 Å². The topological polar surface area (TPSA) is 101 Å². The fourth-order valence-electron chi connectivity index (χ4n) is 3.81. The summed E-state index contributed by atoms with van der Waals surface area (Å²) in [6.45, 7) is 2.20. The standard InChI is InChI=1S/C27H23N3O5S/c1-2-34-26(33)23-22(35-23)25(32)30(16-17-8-4-3-5-9-17)19-14-12-18(13-15-19)24(31)29-27-28-20-10-6-7-11-21(20)36-27/h3-15,22-23H,2,16H2,1H3,(H,28,29,31)/t22-,23-/m0/s1. The number of carbonyl (C=O) groups is 3. The van der Waals surface area contributed by atoms with E-state index in [9.17, 15) is 14.4 Å². The molecule has 36 heavy (non-hydrogen) atoms. The Hall–Kier alpha value is -4.08. The number of ether oxygens (including phenoxy) is 2. The van der Waals surface area contributed by atoms with E-state index in [0.717, 1.165) is 15.8 Å². The van der Waals surface area contributed by atoms with Crippen molar-refractivity contribution in [1.29, 1.82) is 0 Å². The zero-order valence-corrected chi connectivity index (χ0v) is 20.2. The number of carbonyl (C=O) groups excluding carboxylic acids is 3. The highest BCUT2D eigenvalue weighted by molar-refractivity contribution is 7.22. The highest BCUT2D eigenvalue weighted by Gasteiger charge is 2.53. The molecule has 3 aromatic carbocycles. The molecule has 2 heterocycles. The van der Waals surface area contributed by atoms with Crippen LogP contribution in [0.1, 0.15) is 22.8 Å². The minimum absolute atomic E-state index is 0.216. The van der Waals surface area contributed by atoms with Crippen LogP contribution in [0.5, 0.6) is 0 Å². The lowest BCUT2D eigenvalue weighted by atomic mass is 10.1. The molecule has 0 aliphatic carbocycles. The van der Waals surface area contributed by atoms with Crippen LogP contribution in [0.4, 0.5) is 10.8 Å². The molecule has 0 bridgehead atoms. The van der Waals surface area contributed by atoms with Crippen molar-refractivity contribution >= 4 is 50.2 Å². The summed E-state index contributed by atoms with van der Waals surface area (Å²) in [4.78, 5) is 44.1. The molecule has 1 N–H and O–H groups in total. The van der Waals surface area contributed by atoms with Crippen molar-refractivity contribution in [3.8, 4) is 0 Å². The zero-order valence-electron chi connectivity index (χ0n) is 19.4. The highest BCUT2D eigenvalue weighted by Crippen LogP contribution is 2.30. The van der Waals surface area contributed by atoms with Crippen molar-refractivity contribution in [3.63, 3.8) is 0 Å². The molecule has 1 aliphatic heterocycles. The molecule has 8 nitrogen and oxygen atoms in total. The van der Waals surface area contributed by atoms with Gasteiger partial charge in [0.15, 0.2) is 17.3 Å². The van der Waals surface area contributed by atoms with E-state index in [4.69, 9.17) is 9.47 Å². The van der Waals surface area contributed by atoms with Gasteiger partial charge in [-0.1, -0.05) is 53.8 Å². The number of aromatic nitrogens is 1. The van der Waals surface area contributed by atoms with Gasteiger partial charge in [0.2, 0.25) is 0 Å². The zero-order chi connectivity index (χ0) is 25.1. The molecule has 1 aliphatic rings. The van der Waals surface area contributed by atoms with Crippen LogP contribution in [-0.4, -0.2) is 41.6 Å². The minimum atomic E-state index is -0.894. The van der Waals surface area contributed by atoms with Crippen LogP contribution in [0.25, 0.3) is 10.2 Å². The second-order valence-electron chi connectivity index (χ2n) is 8.13. The van der Waals surface area contributed by atoms with Crippen molar-refractivity contribution < 1.29 is 23.9 Å². The Morgan fingerprint density at radius 1 is 0.972 bits per heavy atom. The van der Waals surface area contributed by atoms with Gasteiger partial charge in [-0.2, -0.15) is 0 Å². The van der Waals surface area contributed by atoms with Gasteiger partial charge in [-0.15, -0.1) is 0 Å². The van der Waals surface area contributed by atoms with Crippen LogP contribution in [0.15, 0.2) is 78.9 Å². The van der Waals surface area contributed by atoms with Crippen molar-refractivity contribution in [2.24, 2.45) is 0 Å². The molecular weight excluding hydrogens is 478 g/mol. The summed E-state index contributed by atoms with van der Waals surface area (Å²) in [5.74, 6) is -1.18. The smallest absolute Gasteiger partial charge is 0.338 e. The number of hydrogen-bond acceptors (Lipinski definition) is 7. The van der Waals surface area contributed by atoms with Crippen LogP contribution in [-0.2, 0) is 25.6 Å². The van der Waals surface area contributed by atoms with E-state index < -0.39 is 18.2 Å². The Kier molecular flexibility index (Phi) is 6.75. The maximum atomic E-state index is 13.3. The summed E-state index contributed by atoms with van der Waals surface area (Å²) in [5, 5.41) is 3.35. The monoisotopic (exact) mass is 501 g/mol. The maximum Gasteiger partial charge on any atom is 0.338 e. The van der Waals surface area contributed by atoms with E-state index in [1.54, 1.807) is 36.1 Å². The number of rotatable bonds is 8. The molecule has 0 spiro atoms. The normalized spacial score (nSPS) is 16.4. The van der Waals surface area contributed by atoms with Gasteiger partial charge in [0.1, 0.15) is 0 Å². The lowest BCUT2D eigenvalue weighted by Gasteiger charge is -2.22. The van der Waals surface area contributed by atoms with E-state index in [1.165, 1.54) is 11.3 Å². The number of hydrogen-bond donors (Lipinski definition) is 1. The molecule has 0 saturated carbocycles. The first-order valence-corrected chi connectivity index (χ1v) is 12.3. The number of anilines is 2. The first kappa shape index (κ1) is 23.7. The number of benzene rings is 3. The first-order chi connectivity index (χ1) is 17.5. The number of thiazole rings is 1. The molecule has 182 valence electrons. The number of para-hydroxylation sites is 1. The third kappa shape index (κ3) is 5.12. The molecule has 2 atom stereocenters.